The molecular weight excluding hydrogens is 244 g/mol. The fourth-order valence-electron chi connectivity index (χ4n) is 1.86. The van der Waals surface area contributed by atoms with Crippen LogP contribution >= 0.6 is 0 Å². The number of nitrogens with one attached hydrogen (secondary N) is 1. The van der Waals surface area contributed by atoms with Gasteiger partial charge in [0.25, 0.3) is 0 Å². The third-order valence-corrected chi connectivity index (χ3v) is 3.03. The average molecular weight is 262 g/mol. The van der Waals surface area contributed by atoms with Gasteiger partial charge in [-0.25, -0.2) is 4.68 Å². The summed E-state index contributed by atoms with van der Waals surface area (Å²) in [5.41, 5.74) is 0.930. The van der Waals surface area contributed by atoms with E-state index in [2.05, 4.69) is 32.7 Å². The summed E-state index contributed by atoms with van der Waals surface area (Å²) in [5, 5.41) is 15.4. The van der Waals surface area contributed by atoms with Crippen LogP contribution in [0.4, 0.5) is 0 Å². The molecule has 1 aliphatic carbocycles. The maximum Gasteiger partial charge on any atom is 0.229 e. The molecule has 0 aromatic carbocycles. The van der Waals surface area contributed by atoms with Crippen LogP contribution in [0.2, 0.25) is 0 Å². The van der Waals surface area contributed by atoms with E-state index in [1.54, 1.807) is 4.68 Å². The van der Waals surface area contributed by atoms with Gasteiger partial charge < -0.3 is 9.84 Å². The number of hydrogen-bond acceptors (Lipinski definition) is 6. The van der Waals surface area contributed by atoms with E-state index in [1.165, 1.54) is 0 Å². The first-order chi connectivity index (χ1) is 9.35. The zero-order valence-electron chi connectivity index (χ0n) is 11.0. The quantitative estimate of drug-likeness (QED) is 0.752. The molecule has 102 valence electrons. The van der Waals surface area contributed by atoms with Crippen LogP contribution in [-0.2, 0) is 13.1 Å². The van der Waals surface area contributed by atoms with E-state index in [-0.39, 0.29) is 0 Å². The van der Waals surface area contributed by atoms with E-state index < -0.39 is 0 Å². The molecule has 1 saturated carbocycles. The van der Waals surface area contributed by atoms with Crippen LogP contribution in [0.5, 0.6) is 0 Å². The summed E-state index contributed by atoms with van der Waals surface area (Å²) in [7, 11) is 0. The zero-order valence-corrected chi connectivity index (χ0v) is 11.0. The Kier molecular flexibility index (Phi) is 3.54. The molecule has 1 aliphatic rings. The van der Waals surface area contributed by atoms with Gasteiger partial charge in [0.15, 0.2) is 5.82 Å². The van der Waals surface area contributed by atoms with Crippen LogP contribution in [0.25, 0.3) is 0 Å². The lowest BCUT2D eigenvalue weighted by Crippen LogP contribution is -2.13. The van der Waals surface area contributed by atoms with Gasteiger partial charge in [0.1, 0.15) is 6.54 Å². The highest BCUT2D eigenvalue weighted by Crippen LogP contribution is 2.38. The summed E-state index contributed by atoms with van der Waals surface area (Å²) in [5.74, 6) is 1.92. The van der Waals surface area contributed by atoms with Gasteiger partial charge in [0.05, 0.1) is 11.9 Å². The summed E-state index contributed by atoms with van der Waals surface area (Å²) in [4.78, 5) is 4.37. The van der Waals surface area contributed by atoms with Crippen LogP contribution in [0.15, 0.2) is 10.7 Å². The molecular formula is C12H18N6O. The normalized spacial score (nSPS) is 15.0. The minimum Gasteiger partial charge on any atom is -0.339 e. The van der Waals surface area contributed by atoms with Crippen molar-refractivity contribution in [2.24, 2.45) is 0 Å². The first-order valence-electron chi connectivity index (χ1n) is 6.77. The SMILES string of the molecule is CCCNCc1cn(Cc2noc(C3CC3)n2)nn1. The lowest BCUT2D eigenvalue weighted by atomic mass is 10.4. The Bertz CT molecular complexity index is 530. The second kappa shape index (κ2) is 5.48. The van der Waals surface area contributed by atoms with E-state index >= 15 is 0 Å². The molecule has 0 atom stereocenters. The summed E-state index contributed by atoms with van der Waals surface area (Å²) in [6.07, 6.45) is 5.35. The second-order valence-electron chi connectivity index (χ2n) is 4.91. The molecule has 2 heterocycles. The predicted octanol–water partition coefficient (Wildman–Crippen LogP) is 1.09. The van der Waals surface area contributed by atoms with Gasteiger partial charge in [-0.1, -0.05) is 17.3 Å². The van der Waals surface area contributed by atoms with Crippen molar-refractivity contribution in [3.05, 3.63) is 23.6 Å². The largest absolute Gasteiger partial charge is 0.339 e. The molecule has 0 bridgehead atoms. The van der Waals surface area contributed by atoms with Gasteiger partial charge in [-0.05, 0) is 25.8 Å². The van der Waals surface area contributed by atoms with Crippen molar-refractivity contribution in [2.75, 3.05) is 6.54 Å². The third kappa shape index (κ3) is 3.17. The number of rotatable bonds is 7. The Balaban J connectivity index is 1.56. The van der Waals surface area contributed by atoms with Gasteiger partial charge in [0, 0.05) is 12.5 Å². The maximum atomic E-state index is 5.21. The highest BCUT2D eigenvalue weighted by molar-refractivity contribution is 5.02. The molecule has 19 heavy (non-hydrogen) atoms. The molecule has 0 aliphatic heterocycles. The maximum absolute atomic E-state index is 5.21. The number of hydrogen-bond donors (Lipinski definition) is 1. The number of aromatic nitrogens is 5. The predicted molar refractivity (Wildman–Crippen MR) is 67.4 cm³/mol. The van der Waals surface area contributed by atoms with Crippen molar-refractivity contribution in [3.63, 3.8) is 0 Å². The lowest BCUT2D eigenvalue weighted by molar-refractivity contribution is 0.372. The Morgan fingerprint density at radius 3 is 3.16 bits per heavy atom. The molecule has 7 nitrogen and oxygen atoms in total. The number of nitrogens with zero attached hydrogens (tertiary/aromatic N) is 5. The highest BCUT2D eigenvalue weighted by atomic mass is 16.5. The summed E-state index contributed by atoms with van der Waals surface area (Å²) in [6, 6.07) is 0. The summed E-state index contributed by atoms with van der Waals surface area (Å²) >= 11 is 0. The zero-order chi connectivity index (χ0) is 13.1. The van der Waals surface area contributed by atoms with Crippen LogP contribution in [0.1, 0.15) is 49.5 Å². The molecule has 7 heteroatoms. The standard InChI is InChI=1S/C12H18N6O/c1-2-5-13-6-10-7-18(17-15-10)8-11-14-12(19-16-11)9-3-4-9/h7,9,13H,2-6,8H2,1H3. The molecule has 1 N–H and O–H groups in total. The fourth-order valence-corrected chi connectivity index (χ4v) is 1.86. The Morgan fingerprint density at radius 1 is 1.47 bits per heavy atom. The Labute approximate surface area is 111 Å². The Hall–Kier alpha value is -1.76. The molecule has 2 aromatic heterocycles. The van der Waals surface area contributed by atoms with Crippen molar-refractivity contribution >= 4 is 0 Å². The van der Waals surface area contributed by atoms with E-state index in [0.29, 0.717) is 18.3 Å². The van der Waals surface area contributed by atoms with Crippen LogP contribution < -0.4 is 5.32 Å². The van der Waals surface area contributed by atoms with Gasteiger partial charge in [0.2, 0.25) is 5.89 Å². The van der Waals surface area contributed by atoms with Crippen molar-refractivity contribution < 1.29 is 4.52 Å². The lowest BCUT2D eigenvalue weighted by Gasteiger charge is -1.97. The minimum atomic E-state index is 0.491. The van der Waals surface area contributed by atoms with Gasteiger partial charge in [-0.15, -0.1) is 5.10 Å². The molecule has 2 aromatic rings. The molecule has 0 saturated heterocycles. The third-order valence-electron chi connectivity index (χ3n) is 3.03. The van der Waals surface area contributed by atoms with Gasteiger partial charge >= 0.3 is 0 Å². The Morgan fingerprint density at radius 2 is 2.37 bits per heavy atom. The van der Waals surface area contributed by atoms with E-state index in [9.17, 15) is 0 Å². The minimum absolute atomic E-state index is 0.491. The van der Waals surface area contributed by atoms with Crippen LogP contribution in [0, 0.1) is 0 Å². The molecule has 0 radical (unpaired) electrons. The van der Waals surface area contributed by atoms with Crippen molar-refractivity contribution in [1.29, 1.82) is 0 Å². The topological polar surface area (TPSA) is 81.7 Å². The average Bonchev–Trinajstić information content (AvgIpc) is 3.00. The monoisotopic (exact) mass is 262 g/mol. The van der Waals surface area contributed by atoms with Crippen molar-refractivity contribution in [2.45, 2.75) is 45.2 Å². The fraction of sp³-hybridized carbons (Fsp3) is 0.667. The molecule has 1 fully saturated rings. The van der Waals surface area contributed by atoms with E-state index in [1.807, 2.05) is 6.20 Å². The first kappa shape index (κ1) is 12.3. The summed E-state index contributed by atoms with van der Waals surface area (Å²) < 4.78 is 6.95. The highest BCUT2D eigenvalue weighted by Gasteiger charge is 2.29. The van der Waals surface area contributed by atoms with Crippen LogP contribution in [-0.4, -0.2) is 31.7 Å². The van der Waals surface area contributed by atoms with Gasteiger partial charge in [-0.2, -0.15) is 4.98 Å². The first-order valence-corrected chi connectivity index (χ1v) is 6.77. The molecule has 0 spiro atoms. The molecule has 3 rings (SSSR count). The van der Waals surface area contributed by atoms with E-state index in [4.69, 9.17) is 4.52 Å². The van der Waals surface area contributed by atoms with E-state index in [0.717, 1.165) is 43.9 Å². The molecule has 0 unspecified atom stereocenters. The van der Waals surface area contributed by atoms with Gasteiger partial charge in [-0.3, -0.25) is 0 Å². The second-order valence-corrected chi connectivity index (χ2v) is 4.91. The smallest absolute Gasteiger partial charge is 0.229 e. The van der Waals surface area contributed by atoms with Crippen LogP contribution in [0.3, 0.4) is 0 Å². The molecule has 0 amide bonds. The summed E-state index contributed by atoms with van der Waals surface area (Å²) in [6.45, 7) is 4.38. The van der Waals surface area contributed by atoms with Crippen molar-refractivity contribution in [3.8, 4) is 0 Å². The van der Waals surface area contributed by atoms with Crippen molar-refractivity contribution in [1.82, 2.24) is 30.5 Å².